The molecule has 0 radical (unpaired) electrons. The number of thioether (sulfide) groups is 1. The number of nitrogens with two attached hydrogens (primary N) is 1. The van der Waals surface area contributed by atoms with Crippen LogP contribution in [0.1, 0.15) is 5.56 Å². The van der Waals surface area contributed by atoms with Crippen molar-refractivity contribution < 1.29 is 0 Å². The van der Waals surface area contributed by atoms with Gasteiger partial charge in [0.25, 0.3) is 0 Å². The summed E-state index contributed by atoms with van der Waals surface area (Å²) >= 11 is 1.72. The first-order valence-electron chi connectivity index (χ1n) is 4.89. The van der Waals surface area contributed by atoms with Crippen LogP contribution in [0.4, 0.5) is 5.69 Å². The van der Waals surface area contributed by atoms with E-state index in [4.69, 9.17) is 5.73 Å². The van der Waals surface area contributed by atoms with Crippen LogP contribution < -0.4 is 5.73 Å². The fraction of sp³-hybridized carbons (Fsp3) is 0.182. The first kappa shape index (κ1) is 8.85. The molecule has 2 aliphatic heterocycles. The van der Waals surface area contributed by atoms with Crippen molar-refractivity contribution in [2.45, 2.75) is 0 Å². The molecule has 2 aliphatic rings. The van der Waals surface area contributed by atoms with E-state index in [9.17, 15) is 0 Å². The molecule has 2 N–H and O–H groups in total. The Labute approximate surface area is 92.7 Å². The zero-order valence-electron chi connectivity index (χ0n) is 8.18. The number of nitrogens with zero attached hydrogens (tertiary/aromatic N) is 2. The fourth-order valence-electron chi connectivity index (χ4n) is 1.74. The second kappa shape index (κ2) is 3.31. The zero-order valence-corrected chi connectivity index (χ0v) is 9.00. The molecule has 3 nitrogen and oxygen atoms in total. The Bertz CT molecular complexity index is 465. The summed E-state index contributed by atoms with van der Waals surface area (Å²) in [5, 5.41) is 1.12. The highest BCUT2D eigenvalue weighted by Gasteiger charge is 2.24. The number of rotatable bonds is 1. The summed E-state index contributed by atoms with van der Waals surface area (Å²) in [5.41, 5.74) is 7.75. The number of fused-ring (bicyclic) bond motifs is 1. The molecule has 3 rings (SSSR count). The van der Waals surface area contributed by atoms with E-state index in [0.717, 1.165) is 23.9 Å². The Hall–Kier alpha value is -1.42. The molecule has 15 heavy (non-hydrogen) atoms. The van der Waals surface area contributed by atoms with Gasteiger partial charge in [0.05, 0.1) is 6.54 Å². The normalized spacial score (nSPS) is 18.8. The molecule has 0 aromatic heterocycles. The van der Waals surface area contributed by atoms with Crippen molar-refractivity contribution in [1.29, 1.82) is 0 Å². The summed E-state index contributed by atoms with van der Waals surface area (Å²) in [6.07, 6.45) is 2.16. The van der Waals surface area contributed by atoms with Gasteiger partial charge in [0.1, 0.15) is 0 Å². The molecule has 0 saturated heterocycles. The van der Waals surface area contributed by atoms with E-state index in [1.807, 2.05) is 18.2 Å². The van der Waals surface area contributed by atoms with Crippen LogP contribution in [0.2, 0.25) is 0 Å². The van der Waals surface area contributed by atoms with Gasteiger partial charge in [-0.2, -0.15) is 0 Å². The maximum Gasteiger partial charge on any atom is 0.168 e. The van der Waals surface area contributed by atoms with E-state index in [0.29, 0.717) is 0 Å². The molecule has 1 aromatic rings. The van der Waals surface area contributed by atoms with Crippen molar-refractivity contribution in [2.24, 2.45) is 4.99 Å². The summed E-state index contributed by atoms with van der Waals surface area (Å²) < 4.78 is 0. The van der Waals surface area contributed by atoms with E-state index in [1.165, 1.54) is 10.5 Å². The predicted octanol–water partition coefficient (Wildman–Crippen LogP) is 1.99. The van der Waals surface area contributed by atoms with Gasteiger partial charge in [0, 0.05) is 23.3 Å². The quantitative estimate of drug-likeness (QED) is 0.731. The number of hydrogen-bond donors (Lipinski definition) is 1. The second-order valence-corrected chi connectivity index (χ2v) is 4.59. The Morgan fingerprint density at radius 2 is 2.33 bits per heavy atom. The monoisotopic (exact) mass is 217 g/mol. The number of nitrogen functional groups attached to an aromatic ring is 1. The molecule has 4 heteroatoms. The highest BCUT2D eigenvalue weighted by atomic mass is 32.2. The van der Waals surface area contributed by atoms with Gasteiger partial charge in [-0.1, -0.05) is 12.1 Å². The highest BCUT2D eigenvalue weighted by Crippen LogP contribution is 2.37. The van der Waals surface area contributed by atoms with Gasteiger partial charge in [0.2, 0.25) is 0 Å². The lowest BCUT2D eigenvalue weighted by atomic mass is 10.2. The average molecular weight is 217 g/mol. The van der Waals surface area contributed by atoms with Crippen LogP contribution in [0.3, 0.4) is 0 Å². The molecule has 0 fully saturated rings. The highest BCUT2D eigenvalue weighted by molar-refractivity contribution is 8.22. The maximum atomic E-state index is 5.76. The summed E-state index contributed by atoms with van der Waals surface area (Å²) in [6, 6.07) is 7.97. The topological polar surface area (TPSA) is 41.6 Å². The van der Waals surface area contributed by atoms with Crippen molar-refractivity contribution >= 4 is 27.5 Å². The predicted molar refractivity (Wildman–Crippen MR) is 65.4 cm³/mol. The van der Waals surface area contributed by atoms with Crippen molar-refractivity contribution in [3.05, 3.63) is 36.0 Å². The standard InChI is InChI=1S/C11H11N3S/c12-9-3-1-2-8(6-9)10-7-14-5-4-13-11(14)15-10/h1-3,6-7H,4-5,12H2. The minimum atomic E-state index is 0.808. The molecular weight excluding hydrogens is 206 g/mol. The van der Waals surface area contributed by atoms with Gasteiger partial charge in [-0.05, 0) is 29.5 Å². The number of benzene rings is 1. The van der Waals surface area contributed by atoms with Gasteiger partial charge < -0.3 is 10.6 Å². The third-order valence-corrected chi connectivity index (χ3v) is 3.59. The molecule has 0 aliphatic carbocycles. The molecule has 0 atom stereocenters. The van der Waals surface area contributed by atoms with Crippen molar-refractivity contribution in [2.75, 3.05) is 18.8 Å². The van der Waals surface area contributed by atoms with Crippen LogP contribution in [-0.2, 0) is 0 Å². The van der Waals surface area contributed by atoms with Crippen LogP contribution in [-0.4, -0.2) is 23.2 Å². The summed E-state index contributed by atoms with van der Waals surface area (Å²) in [7, 11) is 0. The third-order valence-electron chi connectivity index (χ3n) is 2.48. The summed E-state index contributed by atoms with van der Waals surface area (Å²) in [6.45, 7) is 1.93. The molecule has 0 amide bonds. The summed E-state index contributed by atoms with van der Waals surface area (Å²) in [4.78, 5) is 7.85. The number of anilines is 1. The molecule has 76 valence electrons. The van der Waals surface area contributed by atoms with Gasteiger partial charge in [-0.25, -0.2) is 0 Å². The fourth-order valence-corrected chi connectivity index (χ4v) is 2.78. The Morgan fingerprint density at radius 1 is 1.40 bits per heavy atom. The second-order valence-electron chi connectivity index (χ2n) is 3.58. The molecular formula is C11H11N3S. The Morgan fingerprint density at radius 3 is 3.13 bits per heavy atom. The molecule has 0 bridgehead atoms. The molecule has 0 unspecified atom stereocenters. The van der Waals surface area contributed by atoms with Crippen molar-refractivity contribution in [3.63, 3.8) is 0 Å². The van der Waals surface area contributed by atoms with E-state index < -0.39 is 0 Å². The lowest BCUT2D eigenvalue weighted by molar-refractivity contribution is 0.626. The lowest BCUT2D eigenvalue weighted by Crippen LogP contribution is -2.14. The Kier molecular flexibility index (Phi) is 1.95. The van der Waals surface area contributed by atoms with Crippen LogP contribution in [0.15, 0.2) is 35.5 Å². The van der Waals surface area contributed by atoms with E-state index >= 15 is 0 Å². The zero-order chi connectivity index (χ0) is 10.3. The lowest BCUT2D eigenvalue weighted by Gasteiger charge is -2.04. The third kappa shape index (κ3) is 1.51. The number of hydrogen-bond acceptors (Lipinski definition) is 4. The van der Waals surface area contributed by atoms with Gasteiger partial charge in [-0.15, -0.1) is 0 Å². The van der Waals surface area contributed by atoms with Gasteiger partial charge >= 0.3 is 0 Å². The largest absolute Gasteiger partial charge is 0.399 e. The van der Waals surface area contributed by atoms with Crippen LogP contribution in [0, 0.1) is 0 Å². The van der Waals surface area contributed by atoms with Crippen molar-refractivity contribution in [1.82, 2.24) is 4.90 Å². The average Bonchev–Trinajstić information content (AvgIpc) is 2.76. The van der Waals surface area contributed by atoms with Crippen LogP contribution in [0.25, 0.3) is 4.91 Å². The van der Waals surface area contributed by atoms with E-state index in [2.05, 4.69) is 22.2 Å². The van der Waals surface area contributed by atoms with E-state index in [-0.39, 0.29) is 0 Å². The molecule has 0 spiro atoms. The molecule has 0 saturated carbocycles. The molecule has 1 aromatic carbocycles. The van der Waals surface area contributed by atoms with Crippen molar-refractivity contribution in [3.8, 4) is 0 Å². The Balaban J connectivity index is 1.94. The smallest absolute Gasteiger partial charge is 0.168 e. The SMILES string of the molecule is Nc1cccc(C2=CN3CCN=C3S2)c1. The van der Waals surface area contributed by atoms with Gasteiger partial charge in [0.15, 0.2) is 5.17 Å². The molecule has 2 heterocycles. The minimum absolute atomic E-state index is 0.808. The maximum absolute atomic E-state index is 5.76. The van der Waals surface area contributed by atoms with Crippen LogP contribution in [0.5, 0.6) is 0 Å². The number of amidine groups is 1. The van der Waals surface area contributed by atoms with Gasteiger partial charge in [-0.3, -0.25) is 4.99 Å². The van der Waals surface area contributed by atoms with E-state index in [1.54, 1.807) is 11.8 Å². The first-order chi connectivity index (χ1) is 7.33. The first-order valence-corrected chi connectivity index (χ1v) is 5.71. The minimum Gasteiger partial charge on any atom is -0.399 e. The number of aliphatic imine (C=N–C) groups is 1. The van der Waals surface area contributed by atoms with Crippen LogP contribution >= 0.6 is 11.8 Å². The summed E-state index contributed by atoms with van der Waals surface area (Å²) in [5.74, 6) is 0.